The molecule has 0 bridgehead atoms. The van der Waals surface area contributed by atoms with Gasteiger partial charge in [0.05, 0.1) is 6.54 Å². The van der Waals surface area contributed by atoms with Crippen molar-refractivity contribution in [3.05, 3.63) is 35.6 Å². The molecule has 3 heterocycles. The molecule has 1 aliphatic heterocycles. The molecule has 1 N–H and O–H groups in total. The highest BCUT2D eigenvalue weighted by molar-refractivity contribution is 5.92. The van der Waals surface area contributed by atoms with Crippen LogP contribution >= 0.6 is 0 Å². The van der Waals surface area contributed by atoms with E-state index in [0.29, 0.717) is 31.7 Å². The number of hydrogen-bond acceptors (Lipinski definition) is 7. The molecule has 8 heteroatoms. The molecular weight excluding hydrogens is 322 g/mol. The summed E-state index contributed by atoms with van der Waals surface area (Å²) < 4.78 is 5.08. The van der Waals surface area contributed by atoms with Crippen molar-refractivity contribution in [1.29, 1.82) is 0 Å². The van der Waals surface area contributed by atoms with E-state index >= 15 is 0 Å². The molecule has 134 valence electrons. The standard InChI is InChI=1S/C17H23N5O3/c1-4-13-8-14(20-25-13)16(23)21(3)9-17(24)5-6-22(10-17)15-7-12(2)18-11-19-15/h7-8,11,24H,4-6,9-10H2,1-3H3. The number of carbonyl (C=O) groups is 1. The van der Waals surface area contributed by atoms with Crippen LogP contribution in [-0.4, -0.2) is 63.3 Å². The molecule has 1 unspecified atom stereocenters. The summed E-state index contributed by atoms with van der Waals surface area (Å²) in [6.45, 7) is 5.16. The van der Waals surface area contributed by atoms with Crippen LogP contribution in [0.2, 0.25) is 0 Å². The van der Waals surface area contributed by atoms with Gasteiger partial charge in [-0.1, -0.05) is 12.1 Å². The lowest BCUT2D eigenvalue weighted by atomic mass is 10.0. The Morgan fingerprint density at radius 3 is 2.92 bits per heavy atom. The maximum Gasteiger partial charge on any atom is 0.275 e. The topological polar surface area (TPSA) is 95.6 Å². The van der Waals surface area contributed by atoms with Gasteiger partial charge in [-0.05, 0) is 13.3 Å². The van der Waals surface area contributed by atoms with Crippen molar-refractivity contribution in [2.75, 3.05) is 31.6 Å². The zero-order valence-electron chi connectivity index (χ0n) is 14.8. The quantitative estimate of drug-likeness (QED) is 0.865. The Hall–Kier alpha value is -2.48. The van der Waals surface area contributed by atoms with E-state index in [1.54, 1.807) is 13.1 Å². The molecule has 0 spiro atoms. The monoisotopic (exact) mass is 345 g/mol. The van der Waals surface area contributed by atoms with Gasteiger partial charge in [0.25, 0.3) is 5.91 Å². The minimum atomic E-state index is -0.986. The number of carbonyl (C=O) groups excluding carboxylic acids is 1. The number of rotatable bonds is 5. The number of nitrogens with zero attached hydrogens (tertiary/aromatic N) is 5. The van der Waals surface area contributed by atoms with E-state index in [0.717, 1.165) is 11.5 Å². The first kappa shape index (κ1) is 17.3. The predicted molar refractivity (Wildman–Crippen MR) is 91.4 cm³/mol. The van der Waals surface area contributed by atoms with Crippen molar-refractivity contribution >= 4 is 11.7 Å². The summed E-state index contributed by atoms with van der Waals surface area (Å²) in [7, 11) is 1.66. The first-order valence-corrected chi connectivity index (χ1v) is 8.37. The number of aliphatic hydroxyl groups is 1. The molecule has 1 saturated heterocycles. The lowest BCUT2D eigenvalue weighted by Gasteiger charge is -2.28. The smallest absolute Gasteiger partial charge is 0.275 e. The van der Waals surface area contributed by atoms with E-state index in [-0.39, 0.29) is 18.1 Å². The molecule has 0 aromatic carbocycles. The number of amides is 1. The van der Waals surface area contributed by atoms with Crippen LogP contribution < -0.4 is 4.90 Å². The number of likely N-dealkylation sites (N-methyl/N-ethyl adjacent to an activating group) is 1. The lowest BCUT2D eigenvalue weighted by Crippen LogP contribution is -2.46. The minimum Gasteiger partial charge on any atom is -0.386 e. The molecule has 0 aliphatic carbocycles. The molecule has 2 aromatic rings. The Morgan fingerprint density at radius 1 is 1.44 bits per heavy atom. The van der Waals surface area contributed by atoms with Crippen LogP contribution in [0, 0.1) is 6.92 Å². The molecule has 1 atom stereocenters. The van der Waals surface area contributed by atoms with Gasteiger partial charge in [-0.2, -0.15) is 0 Å². The fourth-order valence-electron chi connectivity index (χ4n) is 3.08. The van der Waals surface area contributed by atoms with Crippen molar-refractivity contribution in [3.8, 4) is 0 Å². The summed E-state index contributed by atoms with van der Waals surface area (Å²) in [4.78, 5) is 24.3. The Kier molecular flexibility index (Phi) is 4.71. The number of anilines is 1. The normalized spacial score (nSPS) is 20.1. The maximum absolute atomic E-state index is 12.5. The Morgan fingerprint density at radius 2 is 2.24 bits per heavy atom. The highest BCUT2D eigenvalue weighted by atomic mass is 16.5. The highest BCUT2D eigenvalue weighted by Crippen LogP contribution is 2.26. The molecule has 3 rings (SSSR count). The number of β-amino-alcohol motifs (C(OH)–C–C–N with tert-alkyl or cyclic N) is 1. The Labute approximate surface area is 146 Å². The SMILES string of the molecule is CCc1cc(C(=O)N(C)CC2(O)CCN(c3cc(C)ncn3)C2)no1. The lowest BCUT2D eigenvalue weighted by molar-refractivity contribution is 0.0260. The van der Waals surface area contributed by atoms with Crippen molar-refractivity contribution in [3.63, 3.8) is 0 Å². The van der Waals surface area contributed by atoms with Crippen LogP contribution in [0.1, 0.15) is 35.3 Å². The second-order valence-corrected chi connectivity index (χ2v) is 6.61. The number of hydrogen-bond donors (Lipinski definition) is 1. The Bertz CT molecular complexity index is 762. The molecule has 25 heavy (non-hydrogen) atoms. The maximum atomic E-state index is 12.5. The van der Waals surface area contributed by atoms with E-state index in [2.05, 4.69) is 15.1 Å². The minimum absolute atomic E-state index is 0.223. The second-order valence-electron chi connectivity index (χ2n) is 6.61. The summed E-state index contributed by atoms with van der Waals surface area (Å²) >= 11 is 0. The van der Waals surface area contributed by atoms with Crippen LogP contribution in [-0.2, 0) is 6.42 Å². The Balaban J connectivity index is 1.64. The average Bonchev–Trinajstić information content (AvgIpc) is 3.21. The van der Waals surface area contributed by atoms with Gasteiger partial charge in [-0.15, -0.1) is 0 Å². The first-order chi connectivity index (χ1) is 11.9. The van der Waals surface area contributed by atoms with Crippen molar-refractivity contribution < 1.29 is 14.4 Å². The molecule has 8 nitrogen and oxygen atoms in total. The zero-order valence-corrected chi connectivity index (χ0v) is 14.8. The molecule has 0 radical (unpaired) electrons. The fraction of sp³-hybridized carbons (Fsp3) is 0.529. The summed E-state index contributed by atoms with van der Waals surface area (Å²) in [5.74, 6) is 1.20. The van der Waals surface area contributed by atoms with Crippen LogP contribution in [0.5, 0.6) is 0 Å². The van der Waals surface area contributed by atoms with Crippen LogP contribution in [0.4, 0.5) is 5.82 Å². The second kappa shape index (κ2) is 6.79. The van der Waals surface area contributed by atoms with Gasteiger partial charge in [0.15, 0.2) is 5.69 Å². The van der Waals surface area contributed by atoms with Crippen molar-refractivity contribution in [2.24, 2.45) is 0 Å². The van der Waals surface area contributed by atoms with E-state index in [9.17, 15) is 9.90 Å². The largest absolute Gasteiger partial charge is 0.386 e. The van der Waals surface area contributed by atoms with E-state index in [1.807, 2.05) is 24.8 Å². The van der Waals surface area contributed by atoms with E-state index < -0.39 is 5.60 Å². The summed E-state index contributed by atoms with van der Waals surface area (Å²) in [6.07, 6.45) is 2.77. The van der Waals surface area contributed by atoms with Gasteiger partial charge in [-0.3, -0.25) is 4.79 Å². The zero-order chi connectivity index (χ0) is 18.0. The third-order valence-electron chi connectivity index (χ3n) is 4.45. The molecule has 1 fully saturated rings. The number of aromatic nitrogens is 3. The predicted octanol–water partition coefficient (Wildman–Crippen LogP) is 1.05. The summed E-state index contributed by atoms with van der Waals surface area (Å²) in [5.41, 5.74) is 0.162. The van der Waals surface area contributed by atoms with Crippen LogP contribution in [0.3, 0.4) is 0 Å². The fourth-order valence-corrected chi connectivity index (χ4v) is 3.08. The van der Waals surface area contributed by atoms with Gasteiger partial charge in [0, 0.05) is 44.4 Å². The molecule has 1 amide bonds. The molecule has 1 aliphatic rings. The van der Waals surface area contributed by atoms with Gasteiger partial charge in [0.1, 0.15) is 23.5 Å². The summed E-state index contributed by atoms with van der Waals surface area (Å²) in [5, 5.41) is 14.7. The first-order valence-electron chi connectivity index (χ1n) is 8.37. The van der Waals surface area contributed by atoms with Crippen LogP contribution in [0.25, 0.3) is 0 Å². The number of aryl methyl sites for hydroxylation is 2. The average molecular weight is 345 g/mol. The van der Waals surface area contributed by atoms with Gasteiger partial charge < -0.3 is 19.4 Å². The third kappa shape index (κ3) is 3.79. The molecule has 0 saturated carbocycles. The highest BCUT2D eigenvalue weighted by Gasteiger charge is 2.39. The van der Waals surface area contributed by atoms with Crippen molar-refractivity contribution in [1.82, 2.24) is 20.0 Å². The van der Waals surface area contributed by atoms with Gasteiger partial charge in [-0.25, -0.2) is 9.97 Å². The van der Waals surface area contributed by atoms with Gasteiger partial charge >= 0.3 is 0 Å². The van der Waals surface area contributed by atoms with E-state index in [1.165, 1.54) is 11.2 Å². The molecular formula is C17H23N5O3. The van der Waals surface area contributed by atoms with Crippen LogP contribution in [0.15, 0.2) is 23.0 Å². The van der Waals surface area contributed by atoms with Crippen molar-refractivity contribution in [2.45, 2.75) is 32.3 Å². The molecule has 2 aromatic heterocycles. The van der Waals surface area contributed by atoms with E-state index in [4.69, 9.17) is 4.52 Å². The summed E-state index contributed by atoms with van der Waals surface area (Å²) in [6, 6.07) is 3.54. The third-order valence-corrected chi connectivity index (χ3v) is 4.45. The van der Waals surface area contributed by atoms with Gasteiger partial charge in [0.2, 0.25) is 0 Å².